The minimum atomic E-state index is -3.85. The van der Waals surface area contributed by atoms with Crippen LogP contribution in [0, 0.1) is 0 Å². The summed E-state index contributed by atoms with van der Waals surface area (Å²) in [6.45, 7) is 1.94. The fourth-order valence-corrected chi connectivity index (χ4v) is 4.47. The van der Waals surface area contributed by atoms with Crippen molar-refractivity contribution in [3.8, 4) is 11.5 Å². The van der Waals surface area contributed by atoms with Crippen LogP contribution in [-0.4, -0.2) is 71.1 Å². The van der Waals surface area contributed by atoms with Gasteiger partial charge in [-0.3, -0.25) is 4.79 Å². The highest BCUT2D eigenvalue weighted by atomic mass is 32.2. The smallest absolute Gasteiger partial charge is 0.257 e. The van der Waals surface area contributed by atoms with E-state index >= 15 is 0 Å². The largest absolute Gasteiger partial charge is 0.496 e. The van der Waals surface area contributed by atoms with Crippen molar-refractivity contribution in [2.45, 2.75) is 11.4 Å². The van der Waals surface area contributed by atoms with Crippen LogP contribution in [0.5, 0.6) is 11.5 Å². The summed E-state index contributed by atoms with van der Waals surface area (Å²) in [5.74, 6) is 0.662. The van der Waals surface area contributed by atoms with Crippen molar-refractivity contribution in [2.24, 2.45) is 0 Å². The second kappa shape index (κ2) is 9.46. The fourth-order valence-electron chi connectivity index (χ4n) is 3.29. The number of morpholine rings is 1. The molecular formula is C21H26N2O6S. The van der Waals surface area contributed by atoms with Crippen molar-refractivity contribution in [3.05, 3.63) is 53.6 Å². The van der Waals surface area contributed by atoms with Gasteiger partial charge in [-0.25, -0.2) is 8.42 Å². The first-order chi connectivity index (χ1) is 14.4. The average molecular weight is 435 g/mol. The Balaban J connectivity index is 1.90. The monoisotopic (exact) mass is 434 g/mol. The molecule has 0 radical (unpaired) electrons. The Hall–Kier alpha value is -2.62. The number of hydrogen-bond acceptors (Lipinski definition) is 6. The number of benzene rings is 2. The number of nitrogens with zero attached hydrogens (tertiary/aromatic N) is 2. The number of carbonyl (C=O) groups excluding carboxylic acids is 1. The van der Waals surface area contributed by atoms with Gasteiger partial charge in [-0.05, 0) is 24.3 Å². The molecule has 9 heteroatoms. The maximum Gasteiger partial charge on any atom is 0.257 e. The first kappa shape index (κ1) is 22.1. The van der Waals surface area contributed by atoms with Gasteiger partial charge in [0.05, 0.1) is 37.9 Å². The summed E-state index contributed by atoms with van der Waals surface area (Å²) >= 11 is 0. The zero-order valence-electron chi connectivity index (χ0n) is 17.3. The molecule has 2 aromatic rings. The van der Waals surface area contributed by atoms with E-state index in [-0.39, 0.29) is 22.9 Å². The highest BCUT2D eigenvalue weighted by molar-refractivity contribution is 7.89. The lowest BCUT2D eigenvalue weighted by Crippen LogP contribution is -2.40. The van der Waals surface area contributed by atoms with Gasteiger partial charge in [-0.1, -0.05) is 18.2 Å². The molecule has 0 N–H and O–H groups in total. The molecule has 2 aromatic carbocycles. The molecule has 0 atom stereocenters. The van der Waals surface area contributed by atoms with Crippen LogP contribution in [0.1, 0.15) is 15.9 Å². The third kappa shape index (κ3) is 4.58. The van der Waals surface area contributed by atoms with E-state index in [1.807, 2.05) is 18.2 Å². The summed E-state index contributed by atoms with van der Waals surface area (Å²) in [7, 11) is 0.642. The average Bonchev–Trinajstić information content (AvgIpc) is 2.79. The summed E-state index contributed by atoms with van der Waals surface area (Å²) in [6.07, 6.45) is 0. The van der Waals surface area contributed by atoms with Crippen LogP contribution in [-0.2, 0) is 21.3 Å². The first-order valence-electron chi connectivity index (χ1n) is 9.51. The van der Waals surface area contributed by atoms with Crippen LogP contribution in [0.25, 0.3) is 0 Å². The summed E-state index contributed by atoms with van der Waals surface area (Å²) in [4.78, 5) is 14.6. The molecule has 8 nitrogen and oxygen atoms in total. The number of hydrogen-bond donors (Lipinski definition) is 0. The standard InChI is InChI=1S/C21H26N2O6S/c1-22(15-16-6-4-5-7-19(16)27-2)30(25,26)17-8-9-20(28-3)18(14-17)21(24)23-10-12-29-13-11-23/h4-9,14H,10-13,15H2,1-3H3. The van der Waals surface area contributed by atoms with Crippen LogP contribution in [0.2, 0.25) is 0 Å². The molecule has 0 aliphatic carbocycles. The van der Waals surface area contributed by atoms with Gasteiger partial charge < -0.3 is 19.1 Å². The predicted molar refractivity (Wildman–Crippen MR) is 111 cm³/mol. The zero-order chi connectivity index (χ0) is 21.7. The predicted octanol–water partition coefficient (Wildman–Crippen LogP) is 2.00. The molecule has 1 fully saturated rings. The Bertz CT molecular complexity index is 1000. The molecule has 1 saturated heterocycles. The molecule has 0 spiro atoms. The van der Waals surface area contributed by atoms with E-state index in [0.717, 1.165) is 5.56 Å². The van der Waals surface area contributed by atoms with Gasteiger partial charge in [0.2, 0.25) is 10.0 Å². The van der Waals surface area contributed by atoms with Crippen LogP contribution < -0.4 is 9.47 Å². The fraction of sp³-hybridized carbons (Fsp3) is 0.381. The summed E-state index contributed by atoms with van der Waals surface area (Å²) < 4.78 is 43.5. The Morgan fingerprint density at radius 3 is 2.40 bits per heavy atom. The maximum atomic E-state index is 13.2. The van der Waals surface area contributed by atoms with Gasteiger partial charge in [0, 0.05) is 32.2 Å². The van der Waals surface area contributed by atoms with Crippen molar-refractivity contribution in [1.29, 1.82) is 0 Å². The van der Waals surface area contributed by atoms with Crippen LogP contribution in [0.15, 0.2) is 47.4 Å². The normalized spacial score (nSPS) is 14.6. The number of carbonyl (C=O) groups is 1. The highest BCUT2D eigenvalue weighted by Gasteiger charge is 2.27. The van der Waals surface area contributed by atoms with Crippen molar-refractivity contribution in [1.82, 2.24) is 9.21 Å². The molecular weight excluding hydrogens is 408 g/mol. The lowest BCUT2D eigenvalue weighted by Gasteiger charge is -2.27. The van der Waals surface area contributed by atoms with Crippen molar-refractivity contribution < 1.29 is 27.4 Å². The Morgan fingerprint density at radius 1 is 1.07 bits per heavy atom. The topological polar surface area (TPSA) is 85.4 Å². The molecule has 0 aromatic heterocycles. The van der Waals surface area contributed by atoms with E-state index < -0.39 is 10.0 Å². The molecule has 1 heterocycles. The third-order valence-corrected chi connectivity index (χ3v) is 6.79. The first-order valence-corrected chi connectivity index (χ1v) is 11.0. The van der Waals surface area contributed by atoms with Crippen LogP contribution in [0.3, 0.4) is 0 Å². The van der Waals surface area contributed by atoms with Gasteiger partial charge in [0.1, 0.15) is 11.5 Å². The van der Waals surface area contributed by atoms with Crippen molar-refractivity contribution >= 4 is 15.9 Å². The van der Waals surface area contributed by atoms with Gasteiger partial charge in [-0.2, -0.15) is 4.31 Å². The number of sulfonamides is 1. The number of para-hydroxylation sites is 1. The Labute approximate surface area is 177 Å². The summed E-state index contributed by atoms with van der Waals surface area (Å²) in [5, 5.41) is 0. The molecule has 1 amide bonds. The van der Waals surface area contributed by atoms with E-state index in [1.54, 1.807) is 18.1 Å². The number of amides is 1. The second-order valence-electron chi connectivity index (χ2n) is 6.84. The van der Waals surface area contributed by atoms with Gasteiger partial charge in [0.15, 0.2) is 0 Å². The van der Waals surface area contributed by atoms with E-state index in [4.69, 9.17) is 14.2 Å². The van der Waals surface area contributed by atoms with Crippen molar-refractivity contribution in [3.63, 3.8) is 0 Å². The molecule has 162 valence electrons. The van der Waals surface area contributed by atoms with E-state index in [0.29, 0.717) is 37.8 Å². The van der Waals surface area contributed by atoms with E-state index in [1.165, 1.54) is 36.7 Å². The minimum absolute atomic E-state index is 0.0253. The Morgan fingerprint density at radius 2 is 1.73 bits per heavy atom. The molecule has 0 saturated carbocycles. The molecule has 30 heavy (non-hydrogen) atoms. The molecule has 0 bridgehead atoms. The Kier molecular flexibility index (Phi) is 6.96. The third-order valence-electron chi connectivity index (χ3n) is 4.99. The number of methoxy groups -OCH3 is 2. The van der Waals surface area contributed by atoms with Gasteiger partial charge in [0.25, 0.3) is 5.91 Å². The SMILES string of the molecule is COc1ccccc1CN(C)S(=O)(=O)c1ccc(OC)c(C(=O)N2CCOCC2)c1. The quantitative estimate of drug-likeness (QED) is 0.663. The van der Waals surface area contributed by atoms with Crippen LogP contribution in [0.4, 0.5) is 0 Å². The lowest BCUT2D eigenvalue weighted by atomic mass is 10.1. The zero-order valence-corrected chi connectivity index (χ0v) is 18.1. The lowest BCUT2D eigenvalue weighted by molar-refractivity contribution is 0.0300. The van der Waals surface area contributed by atoms with Crippen molar-refractivity contribution in [2.75, 3.05) is 47.6 Å². The minimum Gasteiger partial charge on any atom is -0.496 e. The summed E-state index contributed by atoms with van der Waals surface area (Å²) in [5.41, 5.74) is 0.954. The van der Waals surface area contributed by atoms with E-state index in [9.17, 15) is 13.2 Å². The van der Waals surface area contributed by atoms with Gasteiger partial charge >= 0.3 is 0 Å². The summed E-state index contributed by atoms with van der Waals surface area (Å²) in [6, 6.07) is 11.6. The van der Waals surface area contributed by atoms with E-state index in [2.05, 4.69) is 0 Å². The van der Waals surface area contributed by atoms with Gasteiger partial charge in [-0.15, -0.1) is 0 Å². The van der Waals surface area contributed by atoms with Crippen LogP contribution >= 0.6 is 0 Å². The second-order valence-corrected chi connectivity index (χ2v) is 8.88. The highest BCUT2D eigenvalue weighted by Crippen LogP contribution is 2.27. The molecule has 0 unspecified atom stereocenters. The molecule has 1 aliphatic heterocycles. The maximum absolute atomic E-state index is 13.2. The number of ether oxygens (including phenoxy) is 3. The number of rotatable bonds is 7. The molecule has 1 aliphatic rings. The molecule has 3 rings (SSSR count).